The monoisotopic (exact) mass is 425 g/mol. The van der Waals surface area contributed by atoms with Gasteiger partial charge in [0.05, 0.1) is 11.6 Å². The number of benzene rings is 3. The minimum Gasteiger partial charge on any atom is -0.489 e. The molecule has 3 aromatic carbocycles. The zero-order valence-corrected chi connectivity index (χ0v) is 17.6. The van der Waals surface area contributed by atoms with Crippen LogP contribution in [-0.4, -0.2) is 18.4 Å². The van der Waals surface area contributed by atoms with Crippen LogP contribution in [0.5, 0.6) is 5.75 Å². The summed E-state index contributed by atoms with van der Waals surface area (Å²) in [6.07, 6.45) is 1.50. The average Bonchev–Trinajstić information content (AvgIpc) is 3.27. The highest BCUT2D eigenvalue weighted by Gasteiger charge is 2.21. The highest BCUT2D eigenvalue weighted by Crippen LogP contribution is 2.22. The van der Waals surface area contributed by atoms with Crippen molar-refractivity contribution in [2.24, 2.45) is 0 Å². The molecule has 2 amide bonds. The van der Waals surface area contributed by atoms with Crippen LogP contribution in [0.2, 0.25) is 0 Å². The number of amides is 2. The molecule has 1 aliphatic heterocycles. The van der Waals surface area contributed by atoms with Crippen molar-refractivity contribution >= 4 is 17.5 Å². The van der Waals surface area contributed by atoms with Gasteiger partial charge < -0.3 is 15.0 Å². The van der Waals surface area contributed by atoms with Gasteiger partial charge in [-0.05, 0) is 48.4 Å². The molecule has 0 aromatic heterocycles. The van der Waals surface area contributed by atoms with Gasteiger partial charge in [-0.15, -0.1) is 0 Å². The average molecular weight is 425 g/mol. The lowest BCUT2D eigenvalue weighted by Gasteiger charge is -2.16. The maximum Gasteiger partial charge on any atom is 0.251 e. The predicted molar refractivity (Wildman–Crippen MR) is 121 cm³/mol. The van der Waals surface area contributed by atoms with Crippen LogP contribution >= 0.6 is 0 Å². The van der Waals surface area contributed by atoms with Crippen LogP contribution in [0.25, 0.3) is 0 Å². The summed E-state index contributed by atoms with van der Waals surface area (Å²) in [4.78, 5) is 26.3. The third kappa shape index (κ3) is 4.96. The summed E-state index contributed by atoms with van der Waals surface area (Å²) in [7, 11) is 0. The number of anilines is 1. The molecule has 6 heteroatoms. The lowest BCUT2D eigenvalue weighted by atomic mass is 10.1. The Morgan fingerprint density at radius 1 is 1.06 bits per heavy atom. The van der Waals surface area contributed by atoms with E-state index in [-0.39, 0.29) is 18.4 Å². The molecule has 0 atom stereocenters. The number of ether oxygens (including phenoxy) is 1. The molecule has 4 rings (SSSR count). The fraction of sp³-hybridized carbons (Fsp3) is 0.192. The van der Waals surface area contributed by atoms with Crippen molar-refractivity contribution in [3.05, 3.63) is 95.1 Å². The Hall–Kier alpha value is -4.11. The van der Waals surface area contributed by atoms with E-state index >= 15 is 0 Å². The van der Waals surface area contributed by atoms with E-state index in [0.29, 0.717) is 29.8 Å². The second-order valence-corrected chi connectivity index (χ2v) is 7.58. The third-order valence-corrected chi connectivity index (χ3v) is 5.40. The normalized spacial score (nSPS) is 13.0. The summed E-state index contributed by atoms with van der Waals surface area (Å²) in [5, 5.41) is 12.1. The summed E-state index contributed by atoms with van der Waals surface area (Å²) in [5.74, 6) is 0.515. The quantitative estimate of drug-likeness (QED) is 0.615. The lowest BCUT2D eigenvalue weighted by molar-refractivity contribution is -0.117. The number of hydrogen-bond donors (Lipinski definition) is 1. The maximum atomic E-state index is 12.6. The minimum absolute atomic E-state index is 0.157. The first kappa shape index (κ1) is 21.1. The van der Waals surface area contributed by atoms with Gasteiger partial charge in [-0.3, -0.25) is 9.59 Å². The van der Waals surface area contributed by atoms with Crippen molar-refractivity contribution in [1.82, 2.24) is 5.32 Å². The minimum atomic E-state index is -0.202. The van der Waals surface area contributed by atoms with Crippen LogP contribution in [0, 0.1) is 11.3 Å². The van der Waals surface area contributed by atoms with Gasteiger partial charge in [0.25, 0.3) is 5.91 Å². The topological polar surface area (TPSA) is 82.4 Å². The van der Waals surface area contributed by atoms with Gasteiger partial charge in [-0.2, -0.15) is 5.26 Å². The molecule has 1 aliphatic rings. The van der Waals surface area contributed by atoms with Crippen LogP contribution in [0.3, 0.4) is 0 Å². The Kier molecular flexibility index (Phi) is 6.47. The van der Waals surface area contributed by atoms with Crippen molar-refractivity contribution in [1.29, 1.82) is 5.26 Å². The first-order chi connectivity index (χ1) is 15.6. The molecule has 0 spiro atoms. The molecule has 1 saturated heterocycles. The fourth-order valence-electron chi connectivity index (χ4n) is 3.64. The molecule has 0 bridgehead atoms. The molecule has 160 valence electrons. The Balaban J connectivity index is 1.34. The molecular formula is C26H23N3O3. The molecule has 6 nitrogen and oxygen atoms in total. The molecule has 1 fully saturated rings. The lowest BCUT2D eigenvalue weighted by Crippen LogP contribution is -2.24. The molecular weight excluding hydrogens is 402 g/mol. The summed E-state index contributed by atoms with van der Waals surface area (Å²) in [6, 6.07) is 24.1. The molecule has 32 heavy (non-hydrogen) atoms. The SMILES string of the molecule is N#Cc1ccccc1COc1cccc(C(=O)NCc2ccc(N3CCCC3=O)cc2)c1. The van der Waals surface area contributed by atoms with Crippen LogP contribution in [0.1, 0.15) is 39.9 Å². The van der Waals surface area contributed by atoms with Crippen LogP contribution in [0.15, 0.2) is 72.8 Å². The molecule has 3 aromatic rings. The van der Waals surface area contributed by atoms with E-state index in [0.717, 1.165) is 29.8 Å². The fourth-order valence-corrected chi connectivity index (χ4v) is 3.64. The van der Waals surface area contributed by atoms with E-state index < -0.39 is 0 Å². The highest BCUT2D eigenvalue weighted by atomic mass is 16.5. The largest absolute Gasteiger partial charge is 0.489 e. The van der Waals surface area contributed by atoms with Gasteiger partial charge in [0.15, 0.2) is 0 Å². The summed E-state index contributed by atoms with van der Waals surface area (Å²) < 4.78 is 5.80. The smallest absolute Gasteiger partial charge is 0.251 e. The second kappa shape index (κ2) is 9.80. The van der Waals surface area contributed by atoms with E-state index in [1.807, 2.05) is 42.5 Å². The van der Waals surface area contributed by atoms with Gasteiger partial charge in [0, 0.05) is 36.3 Å². The molecule has 0 unspecified atom stereocenters. The van der Waals surface area contributed by atoms with Gasteiger partial charge >= 0.3 is 0 Å². The highest BCUT2D eigenvalue weighted by molar-refractivity contribution is 5.95. The van der Waals surface area contributed by atoms with E-state index in [1.165, 1.54) is 0 Å². The Morgan fingerprint density at radius 3 is 2.62 bits per heavy atom. The number of nitriles is 1. The zero-order chi connectivity index (χ0) is 22.3. The number of carbonyl (C=O) groups is 2. The number of nitrogens with zero attached hydrogens (tertiary/aromatic N) is 2. The number of nitrogens with one attached hydrogen (secondary N) is 1. The predicted octanol–water partition coefficient (Wildman–Crippen LogP) is 4.19. The summed E-state index contributed by atoms with van der Waals surface area (Å²) in [5.41, 5.74) is 3.71. The zero-order valence-electron chi connectivity index (χ0n) is 17.6. The van der Waals surface area contributed by atoms with E-state index in [2.05, 4.69) is 11.4 Å². The van der Waals surface area contributed by atoms with Crippen molar-refractivity contribution in [2.75, 3.05) is 11.4 Å². The number of carbonyl (C=O) groups excluding carboxylic acids is 2. The van der Waals surface area contributed by atoms with Gasteiger partial charge in [-0.25, -0.2) is 0 Å². The Morgan fingerprint density at radius 2 is 1.88 bits per heavy atom. The number of hydrogen-bond acceptors (Lipinski definition) is 4. The van der Waals surface area contributed by atoms with Crippen molar-refractivity contribution in [3.8, 4) is 11.8 Å². The summed E-state index contributed by atoms with van der Waals surface area (Å²) in [6.45, 7) is 1.39. The van der Waals surface area contributed by atoms with Gasteiger partial charge in [0.1, 0.15) is 12.4 Å². The maximum absolute atomic E-state index is 12.6. The molecule has 1 N–H and O–H groups in total. The first-order valence-corrected chi connectivity index (χ1v) is 10.5. The van der Waals surface area contributed by atoms with E-state index in [1.54, 1.807) is 35.2 Å². The standard InChI is InChI=1S/C26H23N3O3/c27-16-21-5-1-2-6-22(21)18-32-24-8-3-7-20(15-24)26(31)28-17-19-10-12-23(13-11-19)29-14-4-9-25(29)30/h1-3,5-8,10-13,15H,4,9,14,17-18H2,(H,28,31). The molecule has 0 saturated carbocycles. The van der Waals surface area contributed by atoms with Crippen LogP contribution in [-0.2, 0) is 17.9 Å². The van der Waals surface area contributed by atoms with Crippen molar-refractivity contribution < 1.29 is 14.3 Å². The van der Waals surface area contributed by atoms with Crippen LogP contribution < -0.4 is 15.0 Å². The van der Waals surface area contributed by atoms with Crippen LogP contribution in [0.4, 0.5) is 5.69 Å². The second-order valence-electron chi connectivity index (χ2n) is 7.58. The van der Waals surface area contributed by atoms with E-state index in [9.17, 15) is 14.9 Å². The Bertz CT molecular complexity index is 1170. The molecule has 0 aliphatic carbocycles. The Labute approximate surface area is 187 Å². The van der Waals surface area contributed by atoms with Crippen molar-refractivity contribution in [3.63, 3.8) is 0 Å². The first-order valence-electron chi connectivity index (χ1n) is 10.5. The van der Waals surface area contributed by atoms with E-state index in [4.69, 9.17) is 4.74 Å². The summed E-state index contributed by atoms with van der Waals surface area (Å²) >= 11 is 0. The molecule has 0 radical (unpaired) electrons. The van der Waals surface area contributed by atoms with Gasteiger partial charge in [0.2, 0.25) is 5.91 Å². The molecule has 1 heterocycles. The number of rotatable bonds is 7. The third-order valence-electron chi connectivity index (χ3n) is 5.40. The van der Waals surface area contributed by atoms with Crippen molar-refractivity contribution in [2.45, 2.75) is 26.0 Å². The van der Waals surface area contributed by atoms with Gasteiger partial charge in [-0.1, -0.05) is 36.4 Å².